The van der Waals surface area contributed by atoms with Gasteiger partial charge in [0, 0.05) is 11.6 Å². The van der Waals surface area contributed by atoms with Crippen molar-refractivity contribution in [2.24, 2.45) is 0 Å². The fourth-order valence-electron chi connectivity index (χ4n) is 2.11. The summed E-state index contributed by atoms with van der Waals surface area (Å²) in [6, 6.07) is 9.91. The molecule has 2 aromatic carbocycles. The molecule has 2 nitrogen and oxygen atoms in total. The van der Waals surface area contributed by atoms with Gasteiger partial charge in [0.1, 0.15) is 11.5 Å². The van der Waals surface area contributed by atoms with Gasteiger partial charge in [-0.05, 0) is 77.8 Å². The lowest BCUT2D eigenvalue weighted by atomic mass is 10.1. The molecule has 0 amide bonds. The Morgan fingerprint density at radius 3 is 2.35 bits per heavy atom. The van der Waals surface area contributed by atoms with Crippen LogP contribution in [0.4, 0.5) is 0 Å². The number of halogens is 2. The molecule has 0 bridgehead atoms. The number of rotatable bonds is 4. The molecule has 2 aromatic rings. The molecule has 0 aromatic heterocycles. The molecule has 0 fully saturated rings. The smallest absolute Gasteiger partial charge is 0.141 e. The maximum absolute atomic E-state index is 6.04. The summed E-state index contributed by atoms with van der Waals surface area (Å²) in [5.41, 5.74) is 3.26. The second-order valence-corrected chi connectivity index (χ2v) is 6.06. The molecule has 4 heteroatoms. The Kier molecular flexibility index (Phi) is 5.08. The van der Waals surface area contributed by atoms with Crippen molar-refractivity contribution in [3.8, 4) is 11.5 Å². The van der Waals surface area contributed by atoms with Gasteiger partial charge in [-0.25, -0.2) is 0 Å². The van der Waals surface area contributed by atoms with Crippen molar-refractivity contribution in [3.63, 3.8) is 0 Å². The van der Waals surface area contributed by atoms with Crippen molar-refractivity contribution in [3.05, 3.63) is 56.5 Å². The Labute approximate surface area is 133 Å². The summed E-state index contributed by atoms with van der Waals surface area (Å²) < 4.78 is 6.98. The Balaban J connectivity index is 2.31. The van der Waals surface area contributed by atoms with Gasteiger partial charge in [-0.3, -0.25) is 0 Å². The summed E-state index contributed by atoms with van der Waals surface area (Å²) in [6.45, 7) is 4.83. The Bertz CT molecular complexity index is 605. The number of benzene rings is 2. The zero-order valence-corrected chi connectivity index (χ0v) is 14.1. The topological polar surface area (TPSA) is 21.3 Å². The third-order valence-electron chi connectivity index (χ3n) is 3.01. The van der Waals surface area contributed by atoms with Crippen LogP contribution in [0.2, 0.25) is 5.02 Å². The highest BCUT2D eigenvalue weighted by atomic mass is 79.9. The molecular weight excluding hydrogens is 338 g/mol. The van der Waals surface area contributed by atoms with E-state index in [0.717, 1.165) is 38.7 Å². The standard InChI is InChI=1S/C16H17BrClNO/c1-10-6-13(18)7-11(2)16(10)20-15-5-4-12(9-19-3)8-14(15)17/h4-8,19H,9H2,1-3H3. The lowest BCUT2D eigenvalue weighted by molar-refractivity contribution is 0.472. The molecule has 0 aliphatic heterocycles. The zero-order chi connectivity index (χ0) is 14.7. The van der Waals surface area contributed by atoms with Gasteiger partial charge < -0.3 is 10.1 Å². The Hall–Kier alpha value is -1.03. The van der Waals surface area contributed by atoms with E-state index >= 15 is 0 Å². The van der Waals surface area contributed by atoms with E-state index < -0.39 is 0 Å². The normalized spacial score (nSPS) is 10.7. The van der Waals surface area contributed by atoms with E-state index in [4.69, 9.17) is 16.3 Å². The lowest BCUT2D eigenvalue weighted by Gasteiger charge is -2.14. The van der Waals surface area contributed by atoms with Crippen molar-refractivity contribution in [1.82, 2.24) is 5.32 Å². The fraction of sp³-hybridized carbons (Fsp3) is 0.250. The van der Waals surface area contributed by atoms with Crippen molar-refractivity contribution >= 4 is 27.5 Å². The molecule has 0 radical (unpaired) electrons. The Morgan fingerprint density at radius 2 is 1.80 bits per heavy atom. The molecule has 0 unspecified atom stereocenters. The van der Waals surface area contributed by atoms with Crippen LogP contribution in [-0.2, 0) is 6.54 Å². The third-order valence-corrected chi connectivity index (χ3v) is 3.85. The van der Waals surface area contributed by atoms with Crippen LogP contribution in [0, 0.1) is 13.8 Å². The van der Waals surface area contributed by atoms with Crippen LogP contribution in [0.1, 0.15) is 16.7 Å². The lowest BCUT2D eigenvalue weighted by Crippen LogP contribution is -2.04. The fourth-order valence-corrected chi connectivity index (χ4v) is 2.94. The monoisotopic (exact) mass is 353 g/mol. The molecule has 0 aliphatic carbocycles. The predicted octanol–water partition coefficient (Wildman–Crippen LogP) is 5.23. The van der Waals surface area contributed by atoms with Crippen molar-refractivity contribution in [1.29, 1.82) is 0 Å². The third kappa shape index (κ3) is 3.54. The molecule has 0 saturated heterocycles. The van der Waals surface area contributed by atoms with E-state index in [1.807, 2.05) is 39.1 Å². The summed E-state index contributed by atoms with van der Waals surface area (Å²) in [5, 5.41) is 3.86. The molecule has 0 atom stereocenters. The number of hydrogen-bond acceptors (Lipinski definition) is 2. The van der Waals surface area contributed by atoms with E-state index in [-0.39, 0.29) is 0 Å². The molecule has 0 heterocycles. The van der Waals surface area contributed by atoms with E-state index in [1.165, 1.54) is 5.56 Å². The predicted molar refractivity (Wildman–Crippen MR) is 87.9 cm³/mol. The molecule has 0 spiro atoms. The second kappa shape index (κ2) is 6.61. The number of hydrogen-bond donors (Lipinski definition) is 1. The minimum Gasteiger partial charge on any atom is -0.456 e. The van der Waals surface area contributed by atoms with Gasteiger partial charge in [-0.2, -0.15) is 0 Å². The number of nitrogens with one attached hydrogen (secondary N) is 1. The molecule has 106 valence electrons. The first kappa shape index (κ1) is 15.4. The molecular formula is C16H17BrClNO. The first-order valence-corrected chi connectivity index (χ1v) is 7.56. The van der Waals surface area contributed by atoms with Crippen LogP contribution >= 0.6 is 27.5 Å². The minimum atomic E-state index is 0.732. The van der Waals surface area contributed by atoms with Crippen LogP contribution in [0.3, 0.4) is 0 Å². The van der Waals surface area contributed by atoms with Crippen LogP contribution < -0.4 is 10.1 Å². The summed E-state index contributed by atoms with van der Waals surface area (Å²) in [5.74, 6) is 1.66. The van der Waals surface area contributed by atoms with Crippen LogP contribution in [-0.4, -0.2) is 7.05 Å². The van der Waals surface area contributed by atoms with Crippen LogP contribution in [0.5, 0.6) is 11.5 Å². The second-order valence-electron chi connectivity index (χ2n) is 4.77. The highest BCUT2D eigenvalue weighted by Gasteiger charge is 2.09. The summed E-state index contributed by atoms with van der Waals surface area (Å²) >= 11 is 9.60. The van der Waals surface area contributed by atoms with Crippen LogP contribution in [0.15, 0.2) is 34.8 Å². The zero-order valence-electron chi connectivity index (χ0n) is 11.8. The largest absolute Gasteiger partial charge is 0.456 e. The van der Waals surface area contributed by atoms with Crippen molar-refractivity contribution < 1.29 is 4.74 Å². The first-order valence-electron chi connectivity index (χ1n) is 6.39. The van der Waals surface area contributed by atoms with Crippen LogP contribution in [0.25, 0.3) is 0 Å². The molecule has 0 aliphatic rings. The molecule has 20 heavy (non-hydrogen) atoms. The molecule has 2 rings (SSSR count). The average Bonchev–Trinajstić information content (AvgIpc) is 2.36. The van der Waals surface area contributed by atoms with Gasteiger partial charge in [0.2, 0.25) is 0 Å². The summed E-state index contributed by atoms with van der Waals surface area (Å²) in [6.07, 6.45) is 0. The van der Waals surface area contributed by atoms with Gasteiger partial charge in [-0.15, -0.1) is 0 Å². The van der Waals surface area contributed by atoms with E-state index in [2.05, 4.69) is 33.4 Å². The number of ether oxygens (including phenoxy) is 1. The number of aryl methyl sites for hydroxylation is 2. The van der Waals surface area contributed by atoms with Gasteiger partial charge in [0.05, 0.1) is 4.47 Å². The maximum atomic E-state index is 6.04. The molecule has 1 N–H and O–H groups in total. The van der Waals surface area contributed by atoms with Crippen molar-refractivity contribution in [2.45, 2.75) is 20.4 Å². The highest BCUT2D eigenvalue weighted by molar-refractivity contribution is 9.10. The Morgan fingerprint density at radius 1 is 1.15 bits per heavy atom. The SMILES string of the molecule is CNCc1ccc(Oc2c(C)cc(Cl)cc2C)c(Br)c1. The van der Waals surface area contributed by atoms with Gasteiger partial charge in [0.25, 0.3) is 0 Å². The van der Waals surface area contributed by atoms with E-state index in [1.54, 1.807) is 0 Å². The van der Waals surface area contributed by atoms with Crippen molar-refractivity contribution in [2.75, 3.05) is 7.05 Å². The quantitative estimate of drug-likeness (QED) is 0.811. The van der Waals surface area contributed by atoms with Gasteiger partial charge >= 0.3 is 0 Å². The summed E-state index contributed by atoms with van der Waals surface area (Å²) in [4.78, 5) is 0. The van der Waals surface area contributed by atoms with Gasteiger partial charge in [0.15, 0.2) is 0 Å². The van der Waals surface area contributed by atoms with E-state index in [0.29, 0.717) is 0 Å². The van der Waals surface area contributed by atoms with E-state index in [9.17, 15) is 0 Å². The minimum absolute atomic E-state index is 0.732. The summed E-state index contributed by atoms with van der Waals surface area (Å²) in [7, 11) is 1.93. The molecule has 0 saturated carbocycles. The maximum Gasteiger partial charge on any atom is 0.141 e. The first-order chi connectivity index (χ1) is 9.51. The average molecular weight is 355 g/mol. The highest BCUT2D eigenvalue weighted by Crippen LogP contribution is 2.35. The van der Waals surface area contributed by atoms with Gasteiger partial charge in [-0.1, -0.05) is 17.7 Å².